The molecular formula is C27H32N+. The molecule has 0 N–H and O–H groups in total. The van der Waals surface area contributed by atoms with Crippen molar-refractivity contribution in [1.29, 1.82) is 0 Å². The molecule has 1 heterocycles. The van der Waals surface area contributed by atoms with Crippen LogP contribution in [0.4, 0.5) is 0 Å². The highest BCUT2D eigenvalue weighted by atomic mass is 14.9. The van der Waals surface area contributed by atoms with Crippen LogP contribution in [0.5, 0.6) is 0 Å². The van der Waals surface area contributed by atoms with Gasteiger partial charge in [-0.3, -0.25) is 0 Å². The molecule has 0 radical (unpaired) electrons. The molecule has 1 aliphatic rings. The third-order valence-corrected chi connectivity index (χ3v) is 5.93. The van der Waals surface area contributed by atoms with Gasteiger partial charge in [0.05, 0.1) is 0 Å². The summed E-state index contributed by atoms with van der Waals surface area (Å²) in [6, 6.07) is 13.3. The molecular weight excluding hydrogens is 338 g/mol. The van der Waals surface area contributed by atoms with Gasteiger partial charge in [0.15, 0.2) is 6.20 Å². The van der Waals surface area contributed by atoms with Crippen LogP contribution >= 0.6 is 0 Å². The quantitative estimate of drug-likeness (QED) is 0.445. The Morgan fingerprint density at radius 3 is 2.25 bits per heavy atom. The fourth-order valence-electron chi connectivity index (χ4n) is 4.22. The number of aryl methyl sites for hydroxylation is 5. The highest BCUT2D eigenvalue weighted by Crippen LogP contribution is 2.36. The van der Waals surface area contributed by atoms with E-state index in [9.17, 15) is 0 Å². The zero-order chi connectivity index (χ0) is 25.8. The van der Waals surface area contributed by atoms with Crippen LogP contribution in [0, 0.1) is 27.6 Å². The Hall–Kier alpha value is -2.41. The fraction of sp³-hybridized carbons (Fsp3) is 0.370. The van der Waals surface area contributed by atoms with Crippen LogP contribution in [0.25, 0.3) is 22.4 Å². The lowest BCUT2D eigenvalue weighted by atomic mass is 9.91. The lowest BCUT2D eigenvalue weighted by Crippen LogP contribution is -2.31. The van der Waals surface area contributed by atoms with E-state index in [2.05, 4.69) is 0 Å². The van der Waals surface area contributed by atoms with Crippen LogP contribution < -0.4 is 4.57 Å². The fourth-order valence-corrected chi connectivity index (χ4v) is 4.22. The Kier molecular flexibility index (Phi) is 3.29. The molecule has 28 heavy (non-hydrogen) atoms. The largest absolute Gasteiger partial charge is 0.212 e. The molecule has 0 amide bonds. The number of aromatic nitrogens is 1. The molecule has 144 valence electrons. The van der Waals surface area contributed by atoms with Gasteiger partial charge in [0.1, 0.15) is 7.05 Å². The molecule has 1 nitrogen and oxygen atoms in total. The van der Waals surface area contributed by atoms with Crippen LogP contribution in [0.15, 0.2) is 48.7 Å². The number of pyridine rings is 1. The molecule has 1 fully saturated rings. The van der Waals surface area contributed by atoms with Crippen LogP contribution in [0.3, 0.4) is 0 Å². The molecule has 0 atom stereocenters. The average molecular weight is 378 g/mol. The summed E-state index contributed by atoms with van der Waals surface area (Å²) in [6.07, 6.45) is 5.46. The van der Waals surface area contributed by atoms with Gasteiger partial charge in [0, 0.05) is 26.8 Å². The van der Waals surface area contributed by atoms with Crippen molar-refractivity contribution >= 4 is 0 Å². The molecule has 0 aliphatic heterocycles. The number of hydrogen-bond acceptors (Lipinski definition) is 0. The van der Waals surface area contributed by atoms with Crippen molar-refractivity contribution in [2.45, 2.75) is 59.1 Å². The number of rotatable bonds is 3. The SMILES string of the molecule is [2H]C([2H])([2H])c1c[n+](C)c(-c2cc(-c3ccc(C4([2H])CCCC4)cc3)c(C([2H])([2H])[2H])cc2C)cc1C. The standard InChI is InChI=1S/C27H32N/c1-18-15-27(28(5)17-21(18)4)26-16-25(19(2)14-20(26)3)24-12-10-23(11-13-24)22-8-6-7-9-22/h10-17,22H,6-9H2,1-5H3/q+1/i2D3,4D3,22D. The van der Waals surface area contributed by atoms with Gasteiger partial charge >= 0.3 is 0 Å². The van der Waals surface area contributed by atoms with Crippen molar-refractivity contribution in [2.24, 2.45) is 7.05 Å². The highest BCUT2D eigenvalue weighted by molar-refractivity contribution is 5.76. The molecule has 0 bridgehead atoms. The first-order chi connectivity index (χ1) is 16.2. The third kappa shape index (κ3) is 3.51. The normalized spacial score (nSPS) is 20.3. The van der Waals surface area contributed by atoms with Gasteiger partial charge in [0.2, 0.25) is 5.69 Å². The minimum atomic E-state index is -2.29. The zero-order valence-corrected chi connectivity index (χ0v) is 16.9. The van der Waals surface area contributed by atoms with Gasteiger partial charge in [-0.15, -0.1) is 0 Å². The molecule has 1 saturated carbocycles. The Bertz CT molecular complexity index is 1250. The van der Waals surface area contributed by atoms with Gasteiger partial charge in [0.25, 0.3) is 0 Å². The van der Waals surface area contributed by atoms with Gasteiger partial charge < -0.3 is 0 Å². The summed E-state index contributed by atoms with van der Waals surface area (Å²) >= 11 is 0. The molecule has 1 aromatic heterocycles. The van der Waals surface area contributed by atoms with Gasteiger partial charge in [-0.1, -0.05) is 43.2 Å². The minimum Gasteiger partial charge on any atom is -0.201 e. The number of benzene rings is 2. The van der Waals surface area contributed by atoms with E-state index >= 15 is 0 Å². The van der Waals surface area contributed by atoms with E-state index in [0.717, 1.165) is 53.6 Å². The van der Waals surface area contributed by atoms with Gasteiger partial charge in [-0.25, -0.2) is 4.57 Å². The van der Waals surface area contributed by atoms with Gasteiger partial charge in [-0.2, -0.15) is 0 Å². The van der Waals surface area contributed by atoms with Crippen molar-refractivity contribution in [3.63, 3.8) is 0 Å². The van der Waals surface area contributed by atoms with E-state index in [1.807, 2.05) is 50.4 Å². The Morgan fingerprint density at radius 2 is 1.57 bits per heavy atom. The lowest BCUT2D eigenvalue weighted by molar-refractivity contribution is -0.660. The first kappa shape index (κ1) is 12.2. The monoisotopic (exact) mass is 377 g/mol. The second-order valence-corrected chi connectivity index (χ2v) is 7.97. The second kappa shape index (κ2) is 7.54. The molecule has 0 saturated heterocycles. The first-order valence-corrected chi connectivity index (χ1v) is 9.98. The topological polar surface area (TPSA) is 3.88 Å². The van der Waals surface area contributed by atoms with Crippen molar-refractivity contribution in [2.75, 3.05) is 0 Å². The highest BCUT2D eigenvalue weighted by Gasteiger charge is 2.19. The molecule has 1 aliphatic carbocycles. The van der Waals surface area contributed by atoms with Crippen LogP contribution in [0.1, 0.15) is 69.0 Å². The molecule has 4 rings (SSSR count). The summed E-state index contributed by atoms with van der Waals surface area (Å²) < 4.78 is 58.5. The predicted molar refractivity (Wildman–Crippen MR) is 119 cm³/mol. The Balaban J connectivity index is 1.87. The van der Waals surface area contributed by atoms with E-state index in [1.165, 1.54) is 0 Å². The summed E-state index contributed by atoms with van der Waals surface area (Å²) in [5.41, 5.74) is 6.13. The van der Waals surface area contributed by atoms with Crippen LogP contribution in [-0.2, 0) is 7.05 Å². The van der Waals surface area contributed by atoms with Crippen molar-refractivity contribution < 1.29 is 14.2 Å². The second-order valence-electron chi connectivity index (χ2n) is 7.97. The molecule has 3 aromatic rings. The molecule has 0 spiro atoms. The smallest absolute Gasteiger partial charge is 0.201 e. The first-order valence-electron chi connectivity index (χ1n) is 13.5. The summed E-state index contributed by atoms with van der Waals surface area (Å²) in [7, 11) is 1.81. The van der Waals surface area contributed by atoms with E-state index < -0.39 is 19.6 Å². The van der Waals surface area contributed by atoms with Crippen molar-refractivity contribution in [3.8, 4) is 22.4 Å². The van der Waals surface area contributed by atoms with Gasteiger partial charge in [-0.05, 0) is 85.7 Å². The van der Waals surface area contributed by atoms with Crippen molar-refractivity contribution in [3.05, 3.63) is 76.5 Å². The predicted octanol–water partition coefficient (Wildman–Crippen LogP) is 6.74. The Labute approximate surface area is 179 Å². The molecule has 1 heteroatoms. The van der Waals surface area contributed by atoms with Crippen molar-refractivity contribution in [1.82, 2.24) is 0 Å². The minimum absolute atomic E-state index is 0.284. The summed E-state index contributed by atoms with van der Waals surface area (Å²) in [5.74, 6) is -0.556. The van der Waals surface area contributed by atoms with E-state index in [4.69, 9.17) is 9.60 Å². The maximum Gasteiger partial charge on any atom is 0.212 e. The van der Waals surface area contributed by atoms with E-state index in [-0.39, 0.29) is 5.56 Å². The average Bonchev–Trinajstić information content (AvgIpc) is 3.21. The van der Waals surface area contributed by atoms with E-state index in [0.29, 0.717) is 16.7 Å². The van der Waals surface area contributed by atoms with Crippen LogP contribution in [0.2, 0.25) is 0 Å². The van der Waals surface area contributed by atoms with Crippen LogP contribution in [-0.4, -0.2) is 0 Å². The zero-order valence-electron chi connectivity index (χ0n) is 23.9. The molecule has 2 aromatic carbocycles. The number of nitrogens with zero attached hydrogens (tertiary/aromatic N) is 1. The lowest BCUT2D eigenvalue weighted by Gasteiger charge is -2.14. The Morgan fingerprint density at radius 1 is 0.857 bits per heavy atom. The molecule has 0 unspecified atom stereocenters. The third-order valence-electron chi connectivity index (χ3n) is 5.93. The maximum absolute atomic E-state index is 8.78. The number of hydrogen-bond donors (Lipinski definition) is 0. The summed E-state index contributed by atoms with van der Waals surface area (Å²) in [6.45, 7) is -0.824. The maximum atomic E-state index is 8.78. The van der Waals surface area contributed by atoms with E-state index in [1.54, 1.807) is 23.8 Å². The summed E-state index contributed by atoms with van der Waals surface area (Å²) in [5, 5.41) is 0. The summed E-state index contributed by atoms with van der Waals surface area (Å²) in [4.78, 5) is 0.